The van der Waals surface area contributed by atoms with Crippen LogP contribution in [0.1, 0.15) is 24.4 Å². The van der Waals surface area contributed by atoms with E-state index in [2.05, 4.69) is 20.2 Å². The number of primary amides is 1. The molecule has 3 aromatic heterocycles. The van der Waals surface area contributed by atoms with Crippen molar-refractivity contribution in [1.29, 1.82) is 0 Å². The van der Waals surface area contributed by atoms with Gasteiger partial charge in [-0.3, -0.25) is 0 Å². The molecule has 6 nitrogen and oxygen atoms in total. The van der Waals surface area contributed by atoms with Crippen LogP contribution >= 0.6 is 11.3 Å². The standard InChI is InChI=1S/C17H16AsFN5OS/c1-17(2,15-11(19)4-3-7-21-15)18-13-6-5-12(23-24-13)16-22-9-10(26-16)8-14(20)25/h3-7,9H,8H2,1-2H3,(H2,20,25). The van der Waals surface area contributed by atoms with Crippen LogP contribution in [-0.2, 0) is 15.4 Å². The van der Waals surface area contributed by atoms with Crippen molar-refractivity contribution in [2.45, 2.75) is 24.5 Å². The maximum atomic E-state index is 14.0. The Bertz CT molecular complexity index is 929. The van der Waals surface area contributed by atoms with E-state index in [1.54, 1.807) is 18.5 Å². The number of amides is 1. The van der Waals surface area contributed by atoms with Crippen molar-refractivity contribution in [1.82, 2.24) is 20.2 Å². The van der Waals surface area contributed by atoms with E-state index in [1.165, 1.54) is 17.4 Å². The summed E-state index contributed by atoms with van der Waals surface area (Å²) in [6.07, 6.45) is 3.39. The van der Waals surface area contributed by atoms with Crippen LogP contribution < -0.4 is 10.2 Å². The third-order valence-electron chi connectivity index (χ3n) is 3.50. The molecule has 26 heavy (non-hydrogen) atoms. The zero-order valence-corrected chi connectivity index (χ0v) is 16.9. The fourth-order valence-electron chi connectivity index (χ4n) is 2.35. The normalized spacial score (nSPS) is 12.0. The number of hydrogen-bond acceptors (Lipinski definition) is 6. The van der Waals surface area contributed by atoms with Crippen LogP contribution in [0, 0.1) is 5.82 Å². The summed E-state index contributed by atoms with van der Waals surface area (Å²) in [6, 6.07) is 6.74. The quantitative estimate of drug-likeness (QED) is 0.595. The van der Waals surface area contributed by atoms with Crippen molar-refractivity contribution >= 4 is 37.5 Å². The molecule has 133 valence electrons. The van der Waals surface area contributed by atoms with Crippen LogP contribution in [0.15, 0.2) is 36.7 Å². The second kappa shape index (κ2) is 7.59. The molecule has 0 aliphatic carbocycles. The van der Waals surface area contributed by atoms with Crippen molar-refractivity contribution in [3.05, 3.63) is 53.0 Å². The Balaban J connectivity index is 1.76. The second-order valence-corrected chi connectivity index (χ2v) is 10.9. The van der Waals surface area contributed by atoms with Crippen LogP contribution in [-0.4, -0.2) is 41.8 Å². The van der Waals surface area contributed by atoms with E-state index < -0.39 is 25.9 Å². The average molecular weight is 432 g/mol. The van der Waals surface area contributed by atoms with Crippen molar-refractivity contribution in [3.8, 4) is 10.7 Å². The Morgan fingerprint density at radius 2 is 2.08 bits per heavy atom. The van der Waals surface area contributed by atoms with Gasteiger partial charge in [-0.15, -0.1) is 0 Å². The summed E-state index contributed by atoms with van der Waals surface area (Å²) in [5.74, 6) is -0.697. The number of halogens is 1. The van der Waals surface area contributed by atoms with Gasteiger partial charge in [-0.25, -0.2) is 0 Å². The summed E-state index contributed by atoms with van der Waals surface area (Å²) in [4.78, 5) is 20.2. The molecule has 3 heterocycles. The summed E-state index contributed by atoms with van der Waals surface area (Å²) in [6.45, 7) is 3.93. The van der Waals surface area contributed by atoms with Crippen molar-refractivity contribution in [2.75, 3.05) is 0 Å². The maximum absolute atomic E-state index is 14.0. The second-order valence-electron chi connectivity index (χ2n) is 6.06. The Labute approximate surface area is 160 Å². The van der Waals surface area contributed by atoms with Gasteiger partial charge < -0.3 is 0 Å². The molecule has 0 saturated carbocycles. The van der Waals surface area contributed by atoms with Gasteiger partial charge in [-0.05, 0) is 0 Å². The minimum absolute atomic E-state index is 0.164. The van der Waals surface area contributed by atoms with Crippen molar-refractivity contribution in [3.63, 3.8) is 0 Å². The Hall–Kier alpha value is -2.18. The molecule has 1 amide bonds. The van der Waals surface area contributed by atoms with Crippen molar-refractivity contribution < 1.29 is 9.18 Å². The van der Waals surface area contributed by atoms with E-state index in [1.807, 2.05) is 26.0 Å². The molecule has 2 N–H and O–H groups in total. The summed E-state index contributed by atoms with van der Waals surface area (Å²) in [5, 5.41) is 9.20. The first kappa shape index (κ1) is 18.6. The summed E-state index contributed by atoms with van der Waals surface area (Å²) >= 11 is 0.878. The van der Waals surface area contributed by atoms with Gasteiger partial charge in [0.15, 0.2) is 0 Å². The number of carbonyl (C=O) groups excluding carboxylic acids is 1. The third kappa shape index (κ3) is 4.31. The number of nitrogens with zero attached hydrogens (tertiary/aromatic N) is 4. The Morgan fingerprint density at radius 3 is 2.73 bits per heavy atom. The molecule has 0 bridgehead atoms. The van der Waals surface area contributed by atoms with E-state index in [-0.39, 0.29) is 12.2 Å². The summed E-state index contributed by atoms with van der Waals surface area (Å²) in [5.41, 5.74) is 6.28. The van der Waals surface area contributed by atoms with Gasteiger partial charge in [0, 0.05) is 0 Å². The molecule has 0 aromatic carbocycles. The zero-order chi connectivity index (χ0) is 18.7. The number of rotatable bonds is 6. The monoisotopic (exact) mass is 432 g/mol. The number of nitrogens with two attached hydrogens (primary N) is 1. The fraction of sp³-hybridized carbons (Fsp3) is 0.235. The molecule has 0 atom stereocenters. The Morgan fingerprint density at radius 1 is 1.27 bits per heavy atom. The summed E-state index contributed by atoms with van der Waals surface area (Å²) < 4.78 is 14.4. The number of hydrogen-bond donors (Lipinski definition) is 1. The topological polar surface area (TPSA) is 94.7 Å². The predicted octanol–water partition coefficient (Wildman–Crippen LogP) is 1.43. The molecule has 0 unspecified atom stereocenters. The van der Waals surface area contributed by atoms with E-state index in [9.17, 15) is 9.18 Å². The van der Waals surface area contributed by atoms with Crippen LogP contribution in [0.2, 0.25) is 0 Å². The minimum atomic E-state index is -0.488. The van der Waals surface area contributed by atoms with Gasteiger partial charge in [0.25, 0.3) is 0 Å². The summed E-state index contributed by atoms with van der Waals surface area (Å²) in [7, 11) is 0. The number of thiazole rings is 1. The van der Waals surface area contributed by atoms with Gasteiger partial charge in [-0.2, -0.15) is 0 Å². The first-order valence-electron chi connectivity index (χ1n) is 7.76. The van der Waals surface area contributed by atoms with E-state index in [0.29, 0.717) is 16.4 Å². The number of pyridine rings is 1. The Kier molecular flexibility index (Phi) is 5.43. The molecule has 3 rings (SSSR count). The van der Waals surface area contributed by atoms with Gasteiger partial charge in [0.1, 0.15) is 0 Å². The van der Waals surface area contributed by atoms with Crippen LogP contribution in [0.5, 0.6) is 0 Å². The first-order chi connectivity index (χ1) is 12.3. The van der Waals surface area contributed by atoms with Gasteiger partial charge in [-0.1, -0.05) is 0 Å². The number of aromatic nitrogens is 4. The predicted molar refractivity (Wildman–Crippen MR) is 98.6 cm³/mol. The van der Waals surface area contributed by atoms with Gasteiger partial charge in [0.2, 0.25) is 0 Å². The first-order valence-corrected chi connectivity index (χ1v) is 10.5. The van der Waals surface area contributed by atoms with Crippen LogP contribution in [0.25, 0.3) is 10.7 Å². The molecule has 1 radical (unpaired) electrons. The van der Waals surface area contributed by atoms with Crippen molar-refractivity contribution in [2.24, 2.45) is 5.73 Å². The molecule has 0 aliphatic rings. The molecular weight excluding hydrogens is 416 g/mol. The van der Waals surface area contributed by atoms with Gasteiger partial charge >= 0.3 is 161 Å². The van der Waals surface area contributed by atoms with Crippen LogP contribution in [0.4, 0.5) is 4.39 Å². The molecule has 0 aliphatic heterocycles. The van der Waals surface area contributed by atoms with Gasteiger partial charge in [0.05, 0.1) is 0 Å². The SMILES string of the molecule is CC(C)([As]c1ccc(-c2ncc(CC(N)=O)s2)nn1)c1ncccc1F. The average Bonchev–Trinajstić information content (AvgIpc) is 3.03. The molecule has 9 heteroatoms. The fourth-order valence-corrected chi connectivity index (χ4v) is 5.51. The third-order valence-corrected chi connectivity index (χ3v) is 7.12. The van der Waals surface area contributed by atoms with E-state index in [0.717, 1.165) is 9.36 Å². The molecule has 3 aromatic rings. The molecule has 0 fully saturated rings. The zero-order valence-electron chi connectivity index (χ0n) is 14.2. The molecule has 0 spiro atoms. The molecule has 0 saturated heterocycles. The van der Waals surface area contributed by atoms with Crippen LogP contribution in [0.3, 0.4) is 0 Å². The molecular formula is C17H16AsFN5OS. The number of carbonyl (C=O) groups is 1. The van der Waals surface area contributed by atoms with E-state index >= 15 is 0 Å². The van der Waals surface area contributed by atoms with E-state index in [4.69, 9.17) is 5.73 Å².